The molecule has 0 saturated heterocycles. The number of hydrogen-bond acceptors (Lipinski definition) is 2. The maximum Gasteiger partial charge on any atom is 0.139 e. The van der Waals surface area contributed by atoms with E-state index in [0.29, 0.717) is 29.5 Å². The van der Waals surface area contributed by atoms with Gasteiger partial charge in [-0.25, -0.2) is 0 Å². The van der Waals surface area contributed by atoms with Gasteiger partial charge in [0.1, 0.15) is 5.84 Å². The fourth-order valence-corrected chi connectivity index (χ4v) is 2.13. The Morgan fingerprint density at radius 3 is 2.50 bits per heavy atom. The zero-order chi connectivity index (χ0) is 10.9. The third kappa shape index (κ3) is 2.08. The van der Waals surface area contributed by atoms with Gasteiger partial charge >= 0.3 is 0 Å². The zero-order valence-corrected chi connectivity index (χ0v) is 9.41. The van der Waals surface area contributed by atoms with Gasteiger partial charge in [0.15, 0.2) is 0 Å². The van der Waals surface area contributed by atoms with Crippen molar-refractivity contribution in [1.29, 1.82) is 0 Å². The van der Waals surface area contributed by atoms with Gasteiger partial charge in [0.05, 0.1) is 0 Å². The Balaban J connectivity index is 2.62. The van der Waals surface area contributed by atoms with E-state index >= 15 is 0 Å². The van der Waals surface area contributed by atoms with Crippen molar-refractivity contribution in [2.45, 2.75) is 34.1 Å². The topological polar surface area (TPSA) is 58.6 Å². The summed E-state index contributed by atoms with van der Waals surface area (Å²) in [5.41, 5.74) is 7.14. The number of allylic oxidation sites excluding steroid dienone is 2. The molecule has 14 heavy (non-hydrogen) atoms. The Kier molecular flexibility index (Phi) is 2.88. The van der Waals surface area contributed by atoms with Gasteiger partial charge in [0.25, 0.3) is 0 Å². The monoisotopic (exact) mass is 196 g/mol. The Hall–Kier alpha value is -0.990. The van der Waals surface area contributed by atoms with E-state index in [9.17, 15) is 0 Å². The molecule has 0 unspecified atom stereocenters. The molecule has 0 radical (unpaired) electrons. The average Bonchev–Trinajstić information content (AvgIpc) is 2.55. The Morgan fingerprint density at radius 2 is 2.07 bits per heavy atom. The van der Waals surface area contributed by atoms with Crippen LogP contribution in [0.15, 0.2) is 16.8 Å². The standard InChI is InChI=1S/C11H20N2O/c1-7(2)5-8-9(11(8,3)4)6-10(12)13-14/h5,8-9,14H,6H2,1-4H3,(H2,12,13)/t8-,9+/m0/s1. The van der Waals surface area contributed by atoms with Crippen LogP contribution in [0.5, 0.6) is 0 Å². The molecule has 80 valence electrons. The molecule has 0 aromatic rings. The first kappa shape index (κ1) is 11.1. The number of amidine groups is 1. The van der Waals surface area contributed by atoms with E-state index in [1.807, 2.05) is 0 Å². The summed E-state index contributed by atoms with van der Waals surface area (Å²) in [6.45, 7) is 8.67. The van der Waals surface area contributed by atoms with Crippen LogP contribution in [0.1, 0.15) is 34.1 Å². The molecule has 3 N–H and O–H groups in total. The first-order valence-corrected chi connectivity index (χ1v) is 5.01. The van der Waals surface area contributed by atoms with E-state index in [4.69, 9.17) is 10.9 Å². The smallest absolute Gasteiger partial charge is 0.139 e. The van der Waals surface area contributed by atoms with Crippen molar-refractivity contribution in [3.05, 3.63) is 11.6 Å². The maximum atomic E-state index is 8.50. The van der Waals surface area contributed by atoms with Gasteiger partial charge in [-0.05, 0) is 31.1 Å². The van der Waals surface area contributed by atoms with E-state index in [1.165, 1.54) is 5.57 Å². The molecule has 0 spiro atoms. The molecule has 3 nitrogen and oxygen atoms in total. The third-order valence-electron chi connectivity index (χ3n) is 3.21. The highest BCUT2D eigenvalue weighted by molar-refractivity contribution is 5.80. The summed E-state index contributed by atoms with van der Waals surface area (Å²) in [5.74, 6) is 1.44. The van der Waals surface area contributed by atoms with Gasteiger partial charge < -0.3 is 10.9 Å². The lowest BCUT2D eigenvalue weighted by Gasteiger charge is -2.00. The van der Waals surface area contributed by atoms with Crippen molar-refractivity contribution >= 4 is 5.84 Å². The quantitative estimate of drug-likeness (QED) is 0.239. The van der Waals surface area contributed by atoms with Crippen LogP contribution < -0.4 is 5.73 Å². The zero-order valence-electron chi connectivity index (χ0n) is 9.41. The molecule has 0 aromatic heterocycles. The summed E-state index contributed by atoms with van der Waals surface area (Å²) in [4.78, 5) is 0. The lowest BCUT2D eigenvalue weighted by Crippen LogP contribution is -2.13. The lowest BCUT2D eigenvalue weighted by atomic mass is 10.1. The van der Waals surface area contributed by atoms with Crippen LogP contribution in [-0.2, 0) is 0 Å². The van der Waals surface area contributed by atoms with Crippen molar-refractivity contribution in [3.8, 4) is 0 Å². The van der Waals surface area contributed by atoms with Crippen molar-refractivity contribution in [2.24, 2.45) is 28.1 Å². The molecular formula is C11H20N2O. The molecule has 3 heteroatoms. The Morgan fingerprint density at radius 1 is 1.50 bits per heavy atom. The largest absolute Gasteiger partial charge is 0.409 e. The third-order valence-corrected chi connectivity index (χ3v) is 3.21. The highest BCUT2D eigenvalue weighted by Gasteiger charge is 2.55. The van der Waals surface area contributed by atoms with E-state index in [-0.39, 0.29) is 0 Å². The van der Waals surface area contributed by atoms with E-state index in [1.54, 1.807) is 0 Å². The molecule has 0 aliphatic heterocycles. The average molecular weight is 196 g/mol. The number of oxime groups is 1. The normalized spacial score (nSPS) is 29.9. The predicted octanol–water partition coefficient (Wildman–Crippen LogP) is 2.36. The minimum absolute atomic E-state index is 0.298. The van der Waals surface area contributed by atoms with Gasteiger partial charge in [0, 0.05) is 6.42 Å². The lowest BCUT2D eigenvalue weighted by molar-refractivity contribution is 0.316. The molecule has 1 aliphatic rings. The fraction of sp³-hybridized carbons (Fsp3) is 0.727. The second-order valence-corrected chi connectivity index (χ2v) is 4.99. The molecule has 2 atom stereocenters. The van der Waals surface area contributed by atoms with Crippen molar-refractivity contribution in [2.75, 3.05) is 0 Å². The second-order valence-electron chi connectivity index (χ2n) is 4.99. The van der Waals surface area contributed by atoms with Crippen LogP contribution in [0, 0.1) is 17.3 Å². The first-order chi connectivity index (χ1) is 6.39. The van der Waals surface area contributed by atoms with Gasteiger partial charge in [-0.3, -0.25) is 0 Å². The van der Waals surface area contributed by atoms with E-state index in [2.05, 4.69) is 38.9 Å². The van der Waals surface area contributed by atoms with Gasteiger partial charge in [0.2, 0.25) is 0 Å². The molecule has 0 bridgehead atoms. The van der Waals surface area contributed by atoms with Crippen LogP contribution >= 0.6 is 0 Å². The minimum atomic E-state index is 0.298. The van der Waals surface area contributed by atoms with Crippen molar-refractivity contribution in [1.82, 2.24) is 0 Å². The molecule has 1 fully saturated rings. The number of nitrogens with zero attached hydrogens (tertiary/aromatic N) is 1. The van der Waals surface area contributed by atoms with Crippen LogP contribution in [-0.4, -0.2) is 11.0 Å². The highest BCUT2D eigenvalue weighted by Crippen LogP contribution is 2.60. The summed E-state index contributed by atoms with van der Waals surface area (Å²) in [5, 5.41) is 11.5. The summed E-state index contributed by atoms with van der Waals surface area (Å²) >= 11 is 0. The number of hydrogen-bond donors (Lipinski definition) is 2. The highest BCUT2D eigenvalue weighted by atomic mass is 16.4. The molecule has 0 aromatic carbocycles. The minimum Gasteiger partial charge on any atom is -0.409 e. The molecule has 1 aliphatic carbocycles. The van der Waals surface area contributed by atoms with E-state index in [0.717, 1.165) is 0 Å². The van der Waals surface area contributed by atoms with Gasteiger partial charge in [-0.15, -0.1) is 0 Å². The Labute approximate surface area is 85.7 Å². The summed E-state index contributed by atoms with van der Waals surface area (Å²) in [6.07, 6.45) is 2.98. The van der Waals surface area contributed by atoms with Crippen LogP contribution in [0.3, 0.4) is 0 Å². The van der Waals surface area contributed by atoms with Crippen LogP contribution in [0.2, 0.25) is 0 Å². The molecular weight excluding hydrogens is 176 g/mol. The van der Waals surface area contributed by atoms with Crippen LogP contribution in [0.25, 0.3) is 0 Å². The molecule has 0 amide bonds. The second kappa shape index (κ2) is 3.64. The fourth-order valence-electron chi connectivity index (χ4n) is 2.13. The summed E-state index contributed by atoms with van der Waals surface area (Å²) in [6, 6.07) is 0. The van der Waals surface area contributed by atoms with Crippen molar-refractivity contribution < 1.29 is 5.21 Å². The van der Waals surface area contributed by atoms with Gasteiger partial charge in [-0.1, -0.05) is 30.7 Å². The first-order valence-electron chi connectivity index (χ1n) is 5.01. The van der Waals surface area contributed by atoms with Crippen molar-refractivity contribution in [3.63, 3.8) is 0 Å². The molecule has 1 rings (SSSR count). The molecule has 0 heterocycles. The Bertz CT molecular complexity index is 275. The SMILES string of the molecule is CC(C)=C[C@H]1[C@@H](C/C(N)=N/O)C1(C)C. The molecule has 1 saturated carbocycles. The summed E-state index contributed by atoms with van der Waals surface area (Å²) < 4.78 is 0. The number of nitrogens with two attached hydrogens (primary N) is 1. The predicted molar refractivity (Wildman–Crippen MR) is 58.2 cm³/mol. The van der Waals surface area contributed by atoms with E-state index < -0.39 is 0 Å². The van der Waals surface area contributed by atoms with Gasteiger partial charge in [-0.2, -0.15) is 0 Å². The summed E-state index contributed by atoms with van der Waals surface area (Å²) in [7, 11) is 0. The number of rotatable bonds is 3. The van der Waals surface area contributed by atoms with Crippen LogP contribution in [0.4, 0.5) is 0 Å². The maximum absolute atomic E-state index is 8.50.